The summed E-state index contributed by atoms with van der Waals surface area (Å²) in [4.78, 5) is 49.5. The van der Waals surface area contributed by atoms with Crippen LogP contribution in [0.2, 0.25) is 0 Å². The number of benzene rings is 3. The summed E-state index contributed by atoms with van der Waals surface area (Å²) in [6.07, 6.45) is -1.70. The molecule has 40 heavy (non-hydrogen) atoms. The van der Waals surface area contributed by atoms with Crippen molar-refractivity contribution in [3.63, 3.8) is 0 Å². The minimum Gasteiger partial charge on any atom is -0.481 e. The second-order valence-electron chi connectivity index (χ2n) is 9.48. The average Bonchev–Trinajstić information content (AvgIpc) is 2.93. The van der Waals surface area contributed by atoms with Crippen LogP contribution in [0.1, 0.15) is 56.8 Å². The van der Waals surface area contributed by atoms with Crippen molar-refractivity contribution in [2.24, 2.45) is 0 Å². The highest BCUT2D eigenvalue weighted by atomic mass is 16.5. The lowest BCUT2D eigenvalue weighted by atomic mass is 10.1. The fraction of sp³-hybridized carbons (Fsp3) is 0.267. The SMILES string of the molecule is Cc1ccc(OC(C)C(=O)NNC(=O)c2ccc(C(=O)NNC(=O)C(C)Oc3ccc(C)c(C)c3)cc2)cc1C. The molecule has 10 heteroatoms. The first-order valence-corrected chi connectivity index (χ1v) is 12.7. The van der Waals surface area contributed by atoms with E-state index in [-0.39, 0.29) is 11.1 Å². The van der Waals surface area contributed by atoms with E-state index in [0.29, 0.717) is 11.5 Å². The van der Waals surface area contributed by atoms with Crippen LogP contribution >= 0.6 is 0 Å². The lowest BCUT2D eigenvalue weighted by molar-refractivity contribution is -0.128. The fourth-order valence-corrected chi connectivity index (χ4v) is 3.45. The van der Waals surface area contributed by atoms with Gasteiger partial charge in [0.25, 0.3) is 23.6 Å². The molecule has 2 unspecified atom stereocenters. The predicted molar refractivity (Wildman–Crippen MR) is 150 cm³/mol. The molecule has 0 radical (unpaired) electrons. The van der Waals surface area contributed by atoms with E-state index in [1.165, 1.54) is 24.3 Å². The highest BCUT2D eigenvalue weighted by Gasteiger charge is 2.18. The van der Waals surface area contributed by atoms with Crippen molar-refractivity contribution in [1.82, 2.24) is 21.7 Å². The molecule has 210 valence electrons. The van der Waals surface area contributed by atoms with E-state index in [4.69, 9.17) is 9.47 Å². The number of carbonyl (C=O) groups is 4. The predicted octanol–water partition coefficient (Wildman–Crippen LogP) is 3.38. The number of nitrogens with one attached hydrogen (secondary N) is 4. The van der Waals surface area contributed by atoms with Gasteiger partial charge in [0.05, 0.1) is 0 Å². The summed E-state index contributed by atoms with van der Waals surface area (Å²) in [5, 5.41) is 0. The van der Waals surface area contributed by atoms with Gasteiger partial charge < -0.3 is 9.47 Å². The summed E-state index contributed by atoms with van der Waals surface area (Å²) < 4.78 is 11.3. The number of hydrazine groups is 2. The third-order valence-corrected chi connectivity index (χ3v) is 6.33. The molecule has 0 heterocycles. The molecule has 0 aliphatic carbocycles. The minimum absolute atomic E-state index is 0.207. The van der Waals surface area contributed by atoms with Crippen LogP contribution in [0.25, 0.3) is 0 Å². The Morgan fingerprint density at radius 2 is 0.875 bits per heavy atom. The molecule has 3 aromatic carbocycles. The smallest absolute Gasteiger partial charge is 0.279 e. The Balaban J connectivity index is 1.45. The molecule has 0 aliphatic rings. The van der Waals surface area contributed by atoms with Crippen LogP contribution < -0.4 is 31.2 Å². The second kappa shape index (κ2) is 13.3. The lowest BCUT2D eigenvalue weighted by Crippen LogP contribution is -2.47. The van der Waals surface area contributed by atoms with Crippen LogP contribution in [0.3, 0.4) is 0 Å². The first-order valence-electron chi connectivity index (χ1n) is 12.7. The topological polar surface area (TPSA) is 135 Å². The Labute approximate surface area is 233 Å². The first-order chi connectivity index (χ1) is 18.9. The second-order valence-corrected chi connectivity index (χ2v) is 9.48. The molecule has 0 aliphatic heterocycles. The van der Waals surface area contributed by atoms with Gasteiger partial charge in [-0.25, -0.2) is 0 Å². The molecule has 0 bridgehead atoms. The summed E-state index contributed by atoms with van der Waals surface area (Å²) in [6.45, 7) is 11.0. The zero-order chi connectivity index (χ0) is 29.4. The van der Waals surface area contributed by atoms with Crippen LogP contribution in [0, 0.1) is 27.7 Å². The maximum atomic E-state index is 12.4. The molecule has 0 spiro atoms. The zero-order valence-corrected chi connectivity index (χ0v) is 23.4. The third kappa shape index (κ3) is 8.07. The summed E-state index contributed by atoms with van der Waals surface area (Å²) in [5.41, 5.74) is 14.0. The standard InChI is InChI=1S/C30H34N4O6/c1-17-7-13-25(15-19(17)3)39-21(5)27(35)31-33-29(37)23-9-11-24(12-10-23)30(38)34-32-28(36)22(6)40-26-14-8-18(2)20(4)16-26/h7-16,21-22H,1-6H3,(H,31,35)(H,32,36)(H,33,37)(H,34,38). The van der Waals surface area contributed by atoms with E-state index < -0.39 is 35.8 Å². The van der Waals surface area contributed by atoms with Gasteiger partial charge >= 0.3 is 0 Å². The van der Waals surface area contributed by atoms with E-state index in [1.807, 2.05) is 52.0 Å². The highest BCUT2D eigenvalue weighted by Crippen LogP contribution is 2.18. The van der Waals surface area contributed by atoms with Crippen molar-refractivity contribution in [3.8, 4) is 11.5 Å². The number of aryl methyl sites for hydroxylation is 4. The molecule has 3 aromatic rings. The van der Waals surface area contributed by atoms with Crippen LogP contribution in [-0.4, -0.2) is 35.8 Å². The summed E-state index contributed by atoms with van der Waals surface area (Å²) in [6, 6.07) is 16.7. The van der Waals surface area contributed by atoms with Gasteiger partial charge in [-0.05, 0) is 112 Å². The molecule has 0 aromatic heterocycles. The van der Waals surface area contributed by atoms with Crippen molar-refractivity contribution in [1.29, 1.82) is 0 Å². The Morgan fingerprint density at radius 1 is 0.525 bits per heavy atom. The van der Waals surface area contributed by atoms with Gasteiger partial charge in [0, 0.05) is 11.1 Å². The largest absolute Gasteiger partial charge is 0.481 e. The number of carbonyl (C=O) groups excluding carboxylic acids is 4. The zero-order valence-electron chi connectivity index (χ0n) is 23.4. The van der Waals surface area contributed by atoms with Crippen molar-refractivity contribution in [2.45, 2.75) is 53.8 Å². The molecule has 3 rings (SSSR count). The number of amides is 4. The highest BCUT2D eigenvalue weighted by molar-refractivity contribution is 5.99. The van der Waals surface area contributed by atoms with Gasteiger partial charge in [-0.15, -0.1) is 0 Å². The fourth-order valence-electron chi connectivity index (χ4n) is 3.45. The van der Waals surface area contributed by atoms with Gasteiger partial charge in [0.1, 0.15) is 11.5 Å². The van der Waals surface area contributed by atoms with Crippen molar-refractivity contribution < 1.29 is 28.7 Å². The molecule has 4 amide bonds. The Kier molecular flexibility index (Phi) is 9.86. The molecule has 2 atom stereocenters. The van der Waals surface area contributed by atoms with E-state index in [9.17, 15) is 19.2 Å². The van der Waals surface area contributed by atoms with Crippen LogP contribution in [0.4, 0.5) is 0 Å². The normalized spacial score (nSPS) is 11.9. The van der Waals surface area contributed by atoms with Crippen LogP contribution in [-0.2, 0) is 9.59 Å². The van der Waals surface area contributed by atoms with E-state index >= 15 is 0 Å². The maximum absolute atomic E-state index is 12.4. The molecular weight excluding hydrogens is 512 g/mol. The number of hydrogen-bond acceptors (Lipinski definition) is 6. The summed E-state index contributed by atoms with van der Waals surface area (Å²) >= 11 is 0. The van der Waals surface area contributed by atoms with Gasteiger partial charge in [-0.1, -0.05) is 12.1 Å². The molecular formula is C30H34N4O6. The lowest BCUT2D eigenvalue weighted by Gasteiger charge is -2.16. The molecule has 10 nitrogen and oxygen atoms in total. The molecule has 4 N–H and O–H groups in total. The Bertz CT molecular complexity index is 1300. The Hall–Kier alpha value is -4.86. The van der Waals surface area contributed by atoms with E-state index in [0.717, 1.165) is 22.3 Å². The van der Waals surface area contributed by atoms with Crippen LogP contribution in [0.5, 0.6) is 11.5 Å². The number of ether oxygens (including phenoxy) is 2. The van der Waals surface area contributed by atoms with Gasteiger partial charge in [-0.3, -0.25) is 40.9 Å². The van der Waals surface area contributed by atoms with Crippen molar-refractivity contribution in [3.05, 3.63) is 94.0 Å². The van der Waals surface area contributed by atoms with Crippen molar-refractivity contribution in [2.75, 3.05) is 0 Å². The monoisotopic (exact) mass is 546 g/mol. The van der Waals surface area contributed by atoms with Gasteiger partial charge in [0.15, 0.2) is 12.2 Å². The van der Waals surface area contributed by atoms with E-state index in [1.54, 1.807) is 26.0 Å². The maximum Gasteiger partial charge on any atom is 0.279 e. The van der Waals surface area contributed by atoms with Crippen LogP contribution in [0.15, 0.2) is 60.7 Å². The van der Waals surface area contributed by atoms with E-state index in [2.05, 4.69) is 21.7 Å². The minimum atomic E-state index is -0.849. The molecule has 0 saturated carbocycles. The average molecular weight is 547 g/mol. The van der Waals surface area contributed by atoms with Gasteiger partial charge in [-0.2, -0.15) is 0 Å². The third-order valence-electron chi connectivity index (χ3n) is 6.33. The number of rotatable bonds is 8. The number of hydrogen-bond donors (Lipinski definition) is 4. The Morgan fingerprint density at radius 3 is 1.20 bits per heavy atom. The quantitative estimate of drug-likeness (QED) is 0.320. The summed E-state index contributed by atoms with van der Waals surface area (Å²) in [5.74, 6) is -1.13. The molecule has 0 fully saturated rings. The first kappa shape index (κ1) is 29.7. The van der Waals surface area contributed by atoms with Gasteiger partial charge in [0.2, 0.25) is 0 Å². The summed E-state index contributed by atoms with van der Waals surface area (Å²) in [7, 11) is 0. The van der Waals surface area contributed by atoms with Crippen molar-refractivity contribution >= 4 is 23.6 Å². The molecule has 0 saturated heterocycles.